The van der Waals surface area contributed by atoms with Crippen molar-refractivity contribution in [2.24, 2.45) is 0 Å². The van der Waals surface area contributed by atoms with Crippen molar-refractivity contribution in [1.29, 1.82) is 0 Å². The predicted octanol–water partition coefficient (Wildman–Crippen LogP) is -9.90. The maximum Gasteiger partial charge on any atom is 1.00 e. The van der Waals surface area contributed by atoms with Gasteiger partial charge in [-0.05, 0) is 0 Å². The van der Waals surface area contributed by atoms with Crippen LogP contribution in [-0.4, -0.2) is 29.9 Å². The summed E-state index contributed by atoms with van der Waals surface area (Å²) in [4.78, 5) is 0. The van der Waals surface area contributed by atoms with Gasteiger partial charge in [-0.1, -0.05) is 0 Å². The fraction of sp³-hybridized carbons (Fsp3) is 0. The van der Waals surface area contributed by atoms with E-state index in [0.717, 1.165) is 0 Å². The van der Waals surface area contributed by atoms with Gasteiger partial charge < -0.3 is 21.9 Å². The molecule has 0 fully saturated rings. The Bertz CT molecular complexity index is 11.2. The van der Waals surface area contributed by atoms with Crippen molar-refractivity contribution in [3.05, 3.63) is 0 Å². The molecule has 0 aromatic rings. The van der Waals surface area contributed by atoms with Crippen LogP contribution in [0, 0.1) is 0 Å². The summed E-state index contributed by atoms with van der Waals surface area (Å²) < 4.78 is 0. The zero-order chi connectivity index (χ0) is 0. The van der Waals surface area contributed by atoms with E-state index in [2.05, 4.69) is 0 Å². The Morgan fingerprint density at radius 1 is 0.500 bits per heavy atom. The van der Waals surface area contributed by atoms with E-state index in [1.807, 2.05) is 0 Å². The topological polar surface area (TPSA) is 116 Å². The SMILES string of the molecule is [Na+].[Na+].[Na+].[O-2].[O-2].[O-2].[OH-].[Sb]. The van der Waals surface area contributed by atoms with Crippen molar-refractivity contribution in [2.75, 3.05) is 0 Å². The van der Waals surface area contributed by atoms with E-state index >= 15 is 0 Å². The minimum Gasteiger partial charge on any atom is -2.00 e. The van der Waals surface area contributed by atoms with Gasteiger partial charge in [0.15, 0.2) is 0 Å². The van der Waals surface area contributed by atoms with E-state index in [1.54, 1.807) is 0 Å². The second-order valence-electron chi connectivity index (χ2n) is 0. The van der Waals surface area contributed by atoms with Crippen molar-refractivity contribution < 1.29 is 111 Å². The molecule has 0 heterocycles. The molecule has 0 aromatic carbocycles. The van der Waals surface area contributed by atoms with Crippen LogP contribution < -0.4 is 88.7 Å². The first kappa shape index (κ1) is 99.0. The summed E-state index contributed by atoms with van der Waals surface area (Å²) in [5, 5.41) is 0. The minimum absolute atomic E-state index is 0. The van der Waals surface area contributed by atoms with Crippen molar-refractivity contribution in [3.63, 3.8) is 0 Å². The zero-order valence-corrected chi connectivity index (χ0v) is 13.7. The molecular weight excluding hydrogens is 255 g/mol. The van der Waals surface area contributed by atoms with Gasteiger partial charge in [0.25, 0.3) is 0 Å². The first-order valence-corrected chi connectivity index (χ1v) is 0. The summed E-state index contributed by atoms with van der Waals surface area (Å²) in [7, 11) is 0. The normalized spacial score (nSPS) is 0. The Kier molecular flexibility index (Phi) is 919. The largest absolute Gasteiger partial charge is 2.00 e. The van der Waals surface area contributed by atoms with Crippen LogP contribution in [0.15, 0.2) is 0 Å². The molecule has 0 bridgehead atoms. The molecular formula is HNa3O4Sb-4. The number of rotatable bonds is 0. The smallest absolute Gasteiger partial charge is 1.00 e. The van der Waals surface area contributed by atoms with E-state index < -0.39 is 0 Å². The van der Waals surface area contributed by atoms with E-state index in [4.69, 9.17) is 0 Å². The molecule has 0 unspecified atom stereocenters. The van der Waals surface area contributed by atoms with Crippen LogP contribution in [0.4, 0.5) is 0 Å². The Balaban J connectivity index is 0. The first-order chi connectivity index (χ1) is 0. The van der Waals surface area contributed by atoms with E-state index in [-0.39, 0.29) is 135 Å². The summed E-state index contributed by atoms with van der Waals surface area (Å²) in [5.74, 6) is 0. The third-order valence-electron chi connectivity index (χ3n) is 0. The zero-order valence-electron chi connectivity index (χ0n) is 5.12. The average Bonchev–Trinajstić information content (AvgIpc) is 0. The molecule has 8 heavy (non-hydrogen) atoms. The summed E-state index contributed by atoms with van der Waals surface area (Å²) in [6.07, 6.45) is 0. The minimum atomic E-state index is 0. The molecule has 0 aliphatic heterocycles. The third kappa shape index (κ3) is 54.1. The summed E-state index contributed by atoms with van der Waals surface area (Å²) >= 11 is 0. The van der Waals surface area contributed by atoms with Crippen LogP contribution in [-0.2, 0) is 16.4 Å². The molecule has 1 N–H and O–H groups in total. The van der Waals surface area contributed by atoms with Crippen LogP contribution in [0.1, 0.15) is 0 Å². The molecule has 3 radical (unpaired) electrons. The van der Waals surface area contributed by atoms with Gasteiger partial charge in [-0.15, -0.1) is 0 Å². The van der Waals surface area contributed by atoms with Crippen LogP contribution in [0.3, 0.4) is 0 Å². The van der Waals surface area contributed by atoms with Crippen molar-refractivity contribution in [1.82, 2.24) is 0 Å². The number of hydrogen-bond acceptors (Lipinski definition) is 1. The maximum absolute atomic E-state index is 0. The molecule has 8 heteroatoms. The molecule has 0 saturated heterocycles. The van der Waals surface area contributed by atoms with Gasteiger partial charge in [-0.3, -0.25) is 0 Å². The Hall–Kier alpha value is 3.66. The fourth-order valence-electron chi connectivity index (χ4n) is 0. The summed E-state index contributed by atoms with van der Waals surface area (Å²) in [6.45, 7) is 0. The van der Waals surface area contributed by atoms with Gasteiger partial charge in [-0.25, -0.2) is 0 Å². The molecule has 4 nitrogen and oxygen atoms in total. The van der Waals surface area contributed by atoms with E-state index in [9.17, 15) is 0 Å². The molecule has 0 saturated carbocycles. The van der Waals surface area contributed by atoms with E-state index in [0.29, 0.717) is 0 Å². The molecule has 0 atom stereocenters. The summed E-state index contributed by atoms with van der Waals surface area (Å²) in [5.41, 5.74) is 0. The monoisotopic (exact) mass is 255 g/mol. The molecule has 0 aliphatic carbocycles. The van der Waals surface area contributed by atoms with Gasteiger partial charge in [0.2, 0.25) is 0 Å². The Morgan fingerprint density at radius 3 is 0.500 bits per heavy atom. The number of hydrogen-bond donors (Lipinski definition) is 0. The van der Waals surface area contributed by atoms with Gasteiger partial charge in [0.1, 0.15) is 0 Å². The van der Waals surface area contributed by atoms with Crippen molar-refractivity contribution in [3.8, 4) is 0 Å². The predicted molar refractivity (Wildman–Crippen MR) is 9.75 cm³/mol. The standard InChI is InChI=1S/3Na.H2O.3O.Sb/h;;;1H2;;;;/q3*+1;;3*-2;/p-1. The van der Waals surface area contributed by atoms with Crippen LogP contribution in [0.5, 0.6) is 0 Å². The molecule has 0 aliphatic rings. The van der Waals surface area contributed by atoms with Crippen molar-refractivity contribution >= 4 is 24.4 Å². The van der Waals surface area contributed by atoms with Crippen LogP contribution in [0.25, 0.3) is 0 Å². The third-order valence-corrected chi connectivity index (χ3v) is 0. The average molecular weight is 256 g/mol. The van der Waals surface area contributed by atoms with Crippen LogP contribution in [0.2, 0.25) is 0 Å². The first-order valence-electron chi connectivity index (χ1n) is 0. The quantitative estimate of drug-likeness (QED) is 0.393. The van der Waals surface area contributed by atoms with Gasteiger partial charge >= 0.3 is 88.7 Å². The van der Waals surface area contributed by atoms with Gasteiger partial charge in [-0.2, -0.15) is 0 Å². The second-order valence-corrected chi connectivity index (χ2v) is 0. The van der Waals surface area contributed by atoms with Crippen LogP contribution >= 0.6 is 0 Å². The Labute approximate surface area is 132 Å². The molecule has 0 amide bonds. The van der Waals surface area contributed by atoms with Gasteiger partial charge in [0.05, 0.1) is 0 Å². The molecule has 0 spiro atoms. The fourth-order valence-corrected chi connectivity index (χ4v) is 0. The second kappa shape index (κ2) is 74.3. The summed E-state index contributed by atoms with van der Waals surface area (Å²) in [6, 6.07) is 0. The van der Waals surface area contributed by atoms with E-state index in [1.165, 1.54) is 0 Å². The Morgan fingerprint density at radius 2 is 0.500 bits per heavy atom. The maximum atomic E-state index is 0. The van der Waals surface area contributed by atoms with Gasteiger partial charge in [0, 0.05) is 24.4 Å². The molecule has 37 valence electrons. The molecule has 0 rings (SSSR count). The van der Waals surface area contributed by atoms with Crippen molar-refractivity contribution in [2.45, 2.75) is 0 Å². The molecule has 0 aromatic heterocycles.